The van der Waals surface area contributed by atoms with Crippen LogP contribution < -0.4 is 5.32 Å². The molecular weight excluding hydrogens is 236 g/mol. The van der Waals surface area contributed by atoms with E-state index < -0.39 is 0 Å². The van der Waals surface area contributed by atoms with Crippen LogP contribution in [-0.2, 0) is 4.79 Å². The summed E-state index contributed by atoms with van der Waals surface area (Å²) in [5.41, 5.74) is 1.03. The van der Waals surface area contributed by atoms with E-state index in [2.05, 4.69) is 10.2 Å². The molecule has 1 atom stereocenters. The van der Waals surface area contributed by atoms with Gasteiger partial charge in [-0.15, -0.1) is 0 Å². The summed E-state index contributed by atoms with van der Waals surface area (Å²) in [6.07, 6.45) is 0. The van der Waals surface area contributed by atoms with Gasteiger partial charge in [0.25, 0.3) is 0 Å². The fourth-order valence-corrected chi connectivity index (χ4v) is 2.41. The van der Waals surface area contributed by atoms with Crippen LogP contribution in [0.2, 0.25) is 5.02 Å². The van der Waals surface area contributed by atoms with Crippen LogP contribution in [0.3, 0.4) is 0 Å². The van der Waals surface area contributed by atoms with Gasteiger partial charge in [-0.2, -0.15) is 0 Å². The first-order chi connectivity index (χ1) is 8.18. The highest BCUT2D eigenvalue weighted by Gasteiger charge is 2.25. The third-order valence-corrected chi connectivity index (χ3v) is 3.34. The van der Waals surface area contributed by atoms with E-state index in [0.29, 0.717) is 5.02 Å². The van der Waals surface area contributed by atoms with E-state index in [4.69, 9.17) is 11.6 Å². The molecule has 1 aromatic rings. The highest BCUT2D eigenvalue weighted by atomic mass is 35.5. The lowest BCUT2D eigenvalue weighted by molar-refractivity contribution is -0.122. The van der Waals surface area contributed by atoms with Crippen LogP contribution >= 0.6 is 11.6 Å². The predicted molar refractivity (Wildman–Crippen MR) is 69.3 cm³/mol. The first-order valence-corrected chi connectivity index (χ1v) is 6.27. The maximum absolute atomic E-state index is 11.8. The highest BCUT2D eigenvalue weighted by molar-refractivity contribution is 6.30. The smallest absolute Gasteiger partial charge is 0.151 e. The van der Waals surface area contributed by atoms with Crippen LogP contribution in [0.5, 0.6) is 0 Å². The van der Waals surface area contributed by atoms with E-state index in [0.717, 1.165) is 31.7 Å². The number of hydrogen-bond acceptors (Lipinski definition) is 3. The zero-order valence-corrected chi connectivity index (χ0v) is 10.7. The molecule has 0 aromatic heterocycles. The summed E-state index contributed by atoms with van der Waals surface area (Å²) >= 11 is 5.87. The Morgan fingerprint density at radius 2 is 1.88 bits per heavy atom. The van der Waals surface area contributed by atoms with Gasteiger partial charge < -0.3 is 5.32 Å². The number of halogens is 1. The standard InChI is InChI=1S/C13H17ClN2O/c1-10(17)13(16-8-6-15-7-9-16)11-2-4-12(14)5-3-11/h2-5,13,15H,6-9H2,1H3. The van der Waals surface area contributed by atoms with E-state index >= 15 is 0 Å². The summed E-state index contributed by atoms with van der Waals surface area (Å²) < 4.78 is 0. The second kappa shape index (κ2) is 5.63. The molecule has 0 spiro atoms. The Morgan fingerprint density at radius 3 is 2.41 bits per heavy atom. The quantitative estimate of drug-likeness (QED) is 0.892. The predicted octanol–water partition coefficient (Wildman–Crippen LogP) is 1.88. The minimum Gasteiger partial charge on any atom is -0.314 e. The van der Waals surface area contributed by atoms with Crippen LogP contribution in [0.25, 0.3) is 0 Å². The van der Waals surface area contributed by atoms with Gasteiger partial charge in [-0.3, -0.25) is 9.69 Å². The van der Waals surface area contributed by atoms with Crippen molar-refractivity contribution in [3.63, 3.8) is 0 Å². The summed E-state index contributed by atoms with van der Waals surface area (Å²) in [5.74, 6) is 0.189. The van der Waals surface area contributed by atoms with Crippen molar-refractivity contribution in [3.8, 4) is 0 Å². The van der Waals surface area contributed by atoms with Gasteiger partial charge in [-0.05, 0) is 24.6 Å². The molecule has 0 aliphatic carbocycles. The molecule has 0 amide bonds. The molecule has 0 radical (unpaired) electrons. The van der Waals surface area contributed by atoms with Gasteiger partial charge in [0.05, 0.1) is 6.04 Å². The van der Waals surface area contributed by atoms with E-state index in [1.165, 1.54) is 0 Å². The molecule has 92 valence electrons. The largest absolute Gasteiger partial charge is 0.314 e. The van der Waals surface area contributed by atoms with Crippen molar-refractivity contribution in [2.45, 2.75) is 13.0 Å². The zero-order valence-electron chi connectivity index (χ0n) is 9.95. The van der Waals surface area contributed by atoms with Crippen molar-refractivity contribution in [2.75, 3.05) is 26.2 Å². The monoisotopic (exact) mass is 252 g/mol. The number of nitrogens with one attached hydrogen (secondary N) is 1. The van der Waals surface area contributed by atoms with Crippen molar-refractivity contribution >= 4 is 17.4 Å². The molecule has 17 heavy (non-hydrogen) atoms. The van der Waals surface area contributed by atoms with Crippen molar-refractivity contribution in [2.24, 2.45) is 0 Å². The van der Waals surface area contributed by atoms with Crippen molar-refractivity contribution in [1.29, 1.82) is 0 Å². The lowest BCUT2D eigenvalue weighted by Crippen LogP contribution is -2.46. The maximum Gasteiger partial charge on any atom is 0.151 e. The molecule has 2 rings (SSSR count). The molecule has 1 heterocycles. The molecule has 0 bridgehead atoms. The second-order valence-electron chi connectivity index (χ2n) is 4.35. The number of carbonyl (C=O) groups excluding carboxylic acids is 1. The van der Waals surface area contributed by atoms with Crippen LogP contribution in [0.4, 0.5) is 0 Å². The summed E-state index contributed by atoms with van der Waals surface area (Å²) in [6, 6.07) is 7.44. The number of carbonyl (C=O) groups is 1. The van der Waals surface area contributed by atoms with E-state index in [1.807, 2.05) is 24.3 Å². The first-order valence-electron chi connectivity index (χ1n) is 5.89. The zero-order chi connectivity index (χ0) is 12.3. The average molecular weight is 253 g/mol. The first kappa shape index (κ1) is 12.6. The Labute approximate surface area is 107 Å². The van der Waals surface area contributed by atoms with E-state index in [9.17, 15) is 4.79 Å². The van der Waals surface area contributed by atoms with Crippen LogP contribution in [0.15, 0.2) is 24.3 Å². The third kappa shape index (κ3) is 3.06. The van der Waals surface area contributed by atoms with Crippen LogP contribution in [-0.4, -0.2) is 36.9 Å². The minimum absolute atomic E-state index is 0.130. The molecular formula is C13H17ClN2O. The van der Waals surface area contributed by atoms with Gasteiger partial charge in [0.2, 0.25) is 0 Å². The Hall–Kier alpha value is -0.900. The lowest BCUT2D eigenvalue weighted by atomic mass is 10.0. The molecule has 1 unspecified atom stereocenters. The molecule has 0 saturated carbocycles. The summed E-state index contributed by atoms with van der Waals surface area (Å²) in [7, 11) is 0. The van der Waals surface area contributed by atoms with Gasteiger partial charge >= 0.3 is 0 Å². The molecule has 1 N–H and O–H groups in total. The van der Waals surface area contributed by atoms with Crippen molar-refractivity contribution in [3.05, 3.63) is 34.9 Å². The van der Waals surface area contributed by atoms with Crippen LogP contribution in [0.1, 0.15) is 18.5 Å². The second-order valence-corrected chi connectivity index (χ2v) is 4.79. The van der Waals surface area contributed by atoms with Crippen molar-refractivity contribution < 1.29 is 4.79 Å². The van der Waals surface area contributed by atoms with E-state index in [1.54, 1.807) is 6.92 Å². The number of rotatable bonds is 3. The molecule has 1 saturated heterocycles. The van der Waals surface area contributed by atoms with E-state index in [-0.39, 0.29) is 11.8 Å². The van der Waals surface area contributed by atoms with Crippen molar-refractivity contribution in [1.82, 2.24) is 10.2 Å². The molecule has 1 aromatic carbocycles. The van der Waals surface area contributed by atoms with Gasteiger partial charge in [0.1, 0.15) is 0 Å². The summed E-state index contributed by atoms with van der Waals surface area (Å²) in [4.78, 5) is 14.1. The Kier molecular flexibility index (Phi) is 4.15. The third-order valence-electron chi connectivity index (χ3n) is 3.09. The van der Waals surface area contributed by atoms with Gasteiger partial charge in [-0.25, -0.2) is 0 Å². The number of piperazine rings is 1. The lowest BCUT2D eigenvalue weighted by Gasteiger charge is -2.33. The summed E-state index contributed by atoms with van der Waals surface area (Å²) in [6.45, 7) is 5.36. The average Bonchev–Trinajstić information content (AvgIpc) is 2.33. The molecule has 1 aliphatic rings. The number of ketones is 1. The molecule has 1 fully saturated rings. The maximum atomic E-state index is 11.8. The number of Topliss-reactive ketones (excluding diaryl/α,β-unsaturated/α-hetero) is 1. The van der Waals surface area contributed by atoms with Crippen LogP contribution in [0, 0.1) is 0 Å². The molecule has 1 aliphatic heterocycles. The topological polar surface area (TPSA) is 32.3 Å². The Bertz CT molecular complexity index is 385. The Balaban J connectivity index is 2.21. The Morgan fingerprint density at radius 1 is 1.29 bits per heavy atom. The van der Waals surface area contributed by atoms with Gasteiger partial charge in [-0.1, -0.05) is 23.7 Å². The fraction of sp³-hybridized carbons (Fsp3) is 0.462. The number of nitrogens with zero attached hydrogens (tertiary/aromatic N) is 1. The summed E-state index contributed by atoms with van der Waals surface area (Å²) in [5, 5.41) is 4.00. The molecule has 3 nitrogen and oxygen atoms in total. The molecule has 4 heteroatoms. The highest BCUT2D eigenvalue weighted by Crippen LogP contribution is 2.23. The SMILES string of the molecule is CC(=O)C(c1ccc(Cl)cc1)N1CCNCC1. The normalized spacial score (nSPS) is 18.9. The number of hydrogen-bond donors (Lipinski definition) is 1. The van der Waals surface area contributed by atoms with Gasteiger partial charge in [0, 0.05) is 31.2 Å². The minimum atomic E-state index is -0.130. The number of benzene rings is 1. The van der Waals surface area contributed by atoms with Gasteiger partial charge in [0.15, 0.2) is 5.78 Å². The fourth-order valence-electron chi connectivity index (χ4n) is 2.29.